The molecule has 4 rings (SSSR count). The normalized spacial score (nSPS) is 11.2. The smallest absolute Gasteiger partial charge is 0.291 e. The van der Waals surface area contributed by atoms with Crippen molar-refractivity contribution in [3.8, 4) is 0 Å². The molecule has 6 heteroatoms. The molecule has 0 aliphatic rings. The highest BCUT2D eigenvalue weighted by Crippen LogP contribution is 2.21. The summed E-state index contributed by atoms with van der Waals surface area (Å²) in [5.74, 6) is -0.290. The minimum Gasteiger partial charge on any atom is -0.350 e. The highest BCUT2D eigenvalue weighted by molar-refractivity contribution is 6.06. The number of aromatic amines is 1. The molecule has 0 unspecified atom stereocenters. The summed E-state index contributed by atoms with van der Waals surface area (Å²) in [6, 6.07) is 13.5. The summed E-state index contributed by atoms with van der Waals surface area (Å²) >= 11 is 0. The predicted molar refractivity (Wildman–Crippen MR) is 102 cm³/mol. The molecule has 0 aliphatic carbocycles. The SMILES string of the molecule is Cc1ccc(NC(=O)Cn2ncc3c([nH]c4ccccc43)c2=O)c(C)c1. The average Bonchev–Trinajstić information content (AvgIpc) is 2.99. The fraction of sp³-hybridized carbons (Fsp3) is 0.150. The van der Waals surface area contributed by atoms with Crippen LogP contribution >= 0.6 is 0 Å². The minimum atomic E-state index is -0.311. The number of nitrogens with zero attached hydrogens (tertiary/aromatic N) is 2. The maximum atomic E-state index is 12.7. The van der Waals surface area contributed by atoms with Crippen LogP contribution < -0.4 is 10.9 Å². The molecule has 0 spiro atoms. The summed E-state index contributed by atoms with van der Waals surface area (Å²) in [4.78, 5) is 28.2. The van der Waals surface area contributed by atoms with Crippen LogP contribution in [0.5, 0.6) is 0 Å². The lowest BCUT2D eigenvalue weighted by atomic mass is 10.1. The molecule has 6 nitrogen and oxygen atoms in total. The summed E-state index contributed by atoms with van der Waals surface area (Å²) in [7, 11) is 0. The van der Waals surface area contributed by atoms with Crippen molar-refractivity contribution < 1.29 is 4.79 Å². The molecule has 0 radical (unpaired) electrons. The molecule has 2 aromatic carbocycles. The Kier molecular flexibility index (Phi) is 3.80. The molecule has 0 bridgehead atoms. The maximum Gasteiger partial charge on any atom is 0.291 e. The molecule has 0 saturated heterocycles. The minimum absolute atomic E-state index is 0.141. The third-order valence-electron chi connectivity index (χ3n) is 4.47. The highest BCUT2D eigenvalue weighted by Gasteiger charge is 2.13. The number of para-hydroxylation sites is 1. The molecule has 2 N–H and O–H groups in total. The van der Waals surface area contributed by atoms with E-state index in [4.69, 9.17) is 0 Å². The fourth-order valence-corrected chi connectivity index (χ4v) is 3.17. The van der Waals surface area contributed by atoms with Crippen molar-refractivity contribution in [3.05, 3.63) is 70.1 Å². The first-order valence-corrected chi connectivity index (χ1v) is 8.36. The number of fused-ring (bicyclic) bond motifs is 3. The van der Waals surface area contributed by atoms with Crippen LogP contribution in [0.1, 0.15) is 11.1 Å². The lowest BCUT2D eigenvalue weighted by molar-refractivity contribution is -0.117. The van der Waals surface area contributed by atoms with Crippen molar-refractivity contribution >= 4 is 33.4 Å². The summed E-state index contributed by atoms with van der Waals surface area (Å²) in [5.41, 5.74) is 3.86. The van der Waals surface area contributed by atoms with Crippen LogP contribution in [0.15, 0.2) is 53.5 Å². The number of rotatable bonds is 3. The van der Waals surface area contributed by atoms with Crippen LogP contribution in [0.3, 0.4) is 0 Å². The van der Waals surface area contributed by atoms with E-state index >= 15 is 0 Å². The van der Waals surface area contributed by atoms with Gasteiger partial charge in [-0.2, -0.15) is 5.10 Å². The van der Waals surface area contributed by atoms with Gasteiger partial charge in [-0.15, -0.1) is 0 Å². The number of H-pyrrole nitrogens is 1. The largest absolute Gasteiger partial charge is 0.350 e. The van der Waals surface area contributed by atoms with E-state index in [1.165, 1.54) is 4.68 Å². The van der Waals surface area contributed by atoms with Gasteiger partial charge in [-0.3, -0.25) is 9.59 Å². The molecule has 130 valence electrons. The number of aryl methyl sites for hydroxylation is 2. The van der Waals surface area contributed by atoms with Gasteiger partial charge in [-0.25, -0.2) is 4.68 Å². The second-order valence-electron chi connectivity index (χ2n) is 6.43. The number of aromatic nitrogens is 3. The quantitative estimate of drug-likeness (QED) is 0.598. The number of hydrogen-bond donors (Lipinski definition) is 2. The van der Waals surface area contributed by atoms with Crippen molar-refractivity contribution in [1.29, 1.82) is 0 Å². The summed E-state index contributed by atoms with van der Waals surface area (Å²) in [6.45, 7) is 3.79. The Labute approximate surface area is 149 Å². The molecule has 0 aliphatic heterocycles. The first-order valence-electron chi connectivity index (χ1n) is 8.36. The standard InChI is InChI=1S/C20H18N4O2/c1-12-7-8-16(13(2)9-12)22-18(25)11-24-20(26)19-15(10-21-24)14-5-3-4-6-17(14)23-19/h3-10,23H,11H2,1-2H3,(H,22,25). The van der Waals surface area contributed by atoms with Crippen molar-refractivity contribution in [1.82, 2.24) is 14.8 Å². The van der Waals surface area contributed by atoms with Gasteiger partial charge in [0.25, 0.3) is 5.56 Å². The molecule has 0 fully saturated rings. The molecule has 2 heterocycles. The van der Waals surface area contributed by atoms with Crippen LogP contribution in [-0.2, 0) is 11.3 Å². The first kappa shape index (κ1) is 16.1. The van der Waals surface area contributed by atoms with Crippen LogP contribution in [0.2, 0.25) is 0 Å². The zero-order chi connectivity index (χ0) is 18.3. The number of amides is 1. The zero-order valence-electron chi connectivity index (χ0n) is 14.5. The van der Waals surface area contributed by atoms with E-state index in [9.17, 15) is 9.59 Å². The van der Waals surface area contributed by atoms with E-state index < -0.39 is 0 Å². The number of carbonyl (C=O) groups excluding carboxylic acids is 1. The summed E-state index contributed by atoms with van der Waals surface area (Å²) in [6.07, 6.45) is 1.62. The van der Waals surface area contributed by atoms with Crippen molar-refractivity contribution in [2.24, 2.45) is 0 Å². The molecule has 26 heavy (non-hydrogen) atoms. The molecule has 0 saturated carbocycles. The highest BCUT2D eigenvalue weighted by atomic mass is 16.2. The number of nitrogens with one attached hydrogen (secondary N) is 2. The Morgan fingerprint density at radius 1 is 1.15 bits per heavy atom. The van der Waals surface area contributed by atoms with Gasteiger partial charge < -0.3 is 10.3 Å². The number of hydrogen-bond acceptors (Lipinski definition) is 3. The van der Waals surface area contributed by atoms with Gasteiger partial charge in [0, 0.05) is 22.0 Å². The van der Waals surface area contributed by atoms with Gasteiger partial charge in [0.05, 0.1) is 6.20 Å². The Hall–Kier alpha value is -3.41. The third-order valence-corrected chi connectivity index (χ3v) is 4.47. The number of anilines is 1. The Bertz CT molecular complexity index is 1200. The van der Waals surface area contributed by atoms with Gasteiger partial charge in [0.2, 0.25) is 5.91 Å². The molecular formula is C20H18N4O2. The lowest BCUT2D eigenvalue weighted by Crippen LogP contribution is -2.29. The van der Waals surface area contributed by atoms with Crippen LogP contribution in [0.25, 0.3) is 21.8 Å². The molecule has 1 amide bonds. The van der Waals surface area contributed by atoms with E-state index in [-0.39, 0.29) is 18.0 Å². The predicted octanol–water partition coefficient (Wildman–Crippen LogP) is 3.13. The van der Waals surface area contributed by atoms with Crippen molar-refractivity contribution in [3.63, 3.8) is 0 Å². The molecule has 0 atom stereocenters. The Morgan fingerprint density at radius 2 is 1.96 bits per heavy atom. The molecular weight excluding hydrogens is 328 g/mol. The summed E-state index contributed by atoms with van der Waals surface area (Å²) in [5, 5.41) is 8.71. The maximum absolute atomic E-state index is 12.7. The third kappa shape index (κ3) is 2.75. The van der Waals surface area contributed by atoms with Crippen LogP contribution in [-0.4, -0.2) is 20.7 Å². The van der Waals surface area contributed by atoms with Gasteiger partial charge in [0.15, 0.2) is 0 Å². The summed E-state index contributed by atoms with van der Waals surface area (Å²) < 4.78 is 1.18. The van der Waals surface area contributed by atoms with E-state index in [0.29, 0.717) is 5.52 Å². The fourth-order valence-electron chi connectivity index (χ4n) is 3.17. The van der Waals surface area contributed by atoms with Gasteiger partial charge in [-0.1, -0.05) is 35.9 Å². The second-order valence-corrected chi connectivity index (χ2v) is 6.43. The second kappa shape index (κ2) is 6.15. The number of carbonyl (C=O) groups is 1. The Balaban J connectivity index is 1.64. The van der Waals surface area contributed by atoms with E-state index in [1.807, 2.05) is 56.3 Å². The van der Waals surface area contributed by atoms with E-state index in [2.05, 4.69) is 15.4 Å². The van der Waals surface area contributed by atoms with Crippen molar-refractivity contribution in [2.75, 3.05) is 5.32 Å². The van der Waals surface area contributed by atoms with E-state index in [1.54, 1.807) is 6.20 Å². The lowest BCUT2D eigenvalue weighted by Gasteiger charge is -2.09. The molecule has 2 aromatic heterocycles. The molecule has 4 aromatic rings. The van der Waals surface area contributed by atoms with Crippen LogP contribution in [0, 0.1) is 13.8 Å². The zero-order valence-corrected chi connectivity index (χ0v) is 14.5. The van der Waals surface area contributed by atoms with Crippen molar-refractivity contribution in [2.45, 2.75) is 20.4 Å². The van der Waals surface area contributed by atoms with Crippen LogP contribution in [0.4, 0.5) is 5.69 Å². The average molecular weight is 346 g/mol. The first-order chi connectivity index (χ1) is 12.5. The van der Waals surface area contributed by atoms with Gasteiger partial charge >= 0.3 is 0 Å². The monoisotopic (exact) mass is 346 g/mol. The van der Waals surface area contributed by atoms with Gasteiger partial charge in [0.1, 0.15) is 12.1 Å². The number of benzene rings is 2. The van der Waals surface area contributed by atoms with E-state index in [0.717, 1.165) is 33.1 Å². The Morgan fingerprint density at radius 3 is 2.77 bits per heavy atom. The van der Waals surface area contributed by atoms with Gasteiger partial charge in [-0.05, 0) is 31.5 Å². The topological polar surface area (TPSA) is 79.8 Å².